The minimum atomic E-state index is -0.532. The van der Waals surface area contributed by atoms with Gasteiger partial charge in [-0.2, -0.15) is 0 Å². The summed E-state index contributed by atoms with van der Waals surface area (Å²) in [6.07, 6.45) is -0.532. The standard InChI is InChI=1S/C15H12Cl3NO2S/c16-10-1-4-12(5-2-10)22-8-7-21-15(20)19-11-3-6-13(17)14(18)9-11/h1-6,9H,7-8H2,(H,19,20). The Hall–Kier alpha value is -1.07. The lowest BCUT2D eigenvalue weighted by atomic mass is 10.3. The fourth-order valence-electron chi connectivity index (χ4n) is 1.55. The van der Waals surface area contributed by atoms with Crippen molar-refractivity contribution in [2.45, 2.75) is 4.90 Å². The fourth-order valence-corrected chi connectivity index (χ4v) is 2.71. The Morgan fingerprint density at radius 3 is 2.45 bits per heavy atom. The van der Waals surface area contributed by atoms with Gasteiger partial charge in [0.05, 0.1) is 10.0 Å². The van der Waals surface area contributed by atoms with Crippen LogP contribution in [-0.2, 0) is 4.74 Å². The van der Waals surface area contributed by atoms with Gasteiger partial charge in [0, 0.05) is 21.4 Å². The first-order chi connectivity index (χ1) is 10.5. The van der Waals surface area contributed by atoms with E-state index in [2.05, 4.69) is 5.32 Å². The van der Waals surface area contributed by atoms with Crippen molar-refractivity contribution >= 4 is 58.3 Å². The summed E-state index contributed by atoms with van der Waals surface area (Å²) in [5, 5.41) is 4.08. The topological polar surface area (TPSA) is 38.3 Å². The SMILES string of the molecule is O=C(Nc1ccc(Cl)c(Cl)c1)OCCSc1ccc(Cl)cc1. The van der Waals surface area contributed by atoms with E-state index in [1.807, 2.05) is 24.3 Å². The molecular weight excluding hydrogens is 365 g/mol. The van der Waals surface area contributed by atoms with Crippen LogP contribution in [0, 0.1) is 0 Å². The second-order valence-corrected chi connectivity index (χ2v) is 6.61. The minimum Gasteiger partial charge on any atom is -0.448 e. The number of hydrogen-bond donors (Lipinski definition) is 1. The summed E-state index contributed by atoms with van der Waals surface area (Å²) in [4.78, 5) is 12.7. The maximum atomic E-state index is 11.6. The Labute approximate surface area is 147 Å². The molecule has 7 heteroatoms. The van der Waals surface area contributed by atoms with Gasteiger partial charge in [0.2, 0.25) is 0 Å². The van der Waals surface area contributed by atoms with E-state index in [0.717, 1.165) is 4.90 Å². The number of benzene rings is 2. The Bertz CT molecular complexity index is 650. The van der Waals surface area contributed by atoms with Crippen molar-refractivity contribution in [3.05, 3.63) is 57.5 Å². The third-order valence-corrected chi connectivity index (χ3v) is 4.53. The minimum absolute atomic E-state index is 0.292. The van der Waals surface area contributed by atoms with E-state index in [9.17, 15) is 4.79 Å². The predicted octanol–water partition coefficient (Wildman–Crippen LogP) is 5.99. The van der Waals surface area contributed by atoms with E-state index in [-0.39, 0.29) is 0 Å². The van der Waals surface area contributed by atoms with Gasteiger partial charge in [0.1, 0.15) is 6.61 Å². The second kappa shape index (κ2) is 8.53. The number of rotatable bonds is 5. The maximum Gasteiger partial charge on any atom is 0.411 e. The van der Waals surface area contributed by atoms with Crippen molar-refractivity contribution in [2.75, 3.05) is 17.7 Å². The van der Waals surface area contributed by atoms with Gasteiger partial charge < -0.3 is 4.74 Å². The lowest BCUT2D eigenvalue weighted by Gasteiger charge is -2.07. The zero-order chi connectivity index (χ0) is 15.9. The number of thioether (sulfide) groups is 1. The number of carbonyl (C=O) groups is 1. The van der Waals surface area contributed by atoms with Crippen LogP contribution >= 0.6 is 46.6 Å². The van der Waals surface area contributed by atoms with Gasteiger partial charge in [-0.05, 0) is 42.5 Å². The summed E-state index contributed by atoms with van der Waals surface area (Å²) in [6, 6.07) is 12.3. The van der Waals surface area contributed by atoms with Crippen LogP contribution in [0.5, 0.6) is 0 Å². The molecule has 0 aliphatic carbocycles. The Kier molecular flexibility index (Phi) is 6.70. The van der Waals surface area contributed by atoms with Gasteiger partial charge >= 0.3 is 6.09 Å². The third kappa shape index (κ3) is 5.61. The maximum absolute atomic E-state index is 11.6. The summed E-state index contributed by atoms with van der Waals surface area (Å²) in [5.74, 6) is 0.649. The molecule has 0 aromatic heterocycles. The largest absolute Gasteiger partial charge is 0.448 e. The van der Waals surface area contributed by atoms with E-state index < -0.39 is 6.09 Å². The first-order valence-corrected chi connectivity index (χ1v) is 8.44. The first-order valence-electron chi connectivity index (χ1n) is 6.32. The number of halogens is 3. The van der Waals surface area contributed by atoms with Crippen molar-refractivity contribution in [3.8, 4) is 0 Å². The van der Waals surface area contributed by atoms with Crippen molar-refractivity contribution < 1.29 is 9.53 Å². The number of amides is 1. The Morgan fingerprint density at radius 2 is 1.77 bits per heavy atom. The van der Waals surface area contributed by atoms with Gasteiger partial charge in [-0.25, -0.2) is 4.79 Å². The normalized spacial score (nSPS) is 10.3. The van der Waals surface area contributed by atoms with Crippen LogP contribution < -0.4 is 5.32 Å². The molecule has 3 nitrogen and oxygen atoms in total. The molecule has 0 spiro atoms. The van der Waals surface area contributed by atoms with E-state index in [1.54, 1.807) is 30.0 Å². The van der Waals surface area contributed by atoms with Gasteiger partial charge in [-0.3, -0.25) is 5.32 Å². The van der Waals surface area contributed by atoms with E-state index >= 15 is 0 Å². The van der Waals surface area contributed by atoms with Crippen molar-refractivity contribution in [3.63, 3.8) is 0 Å². The molecule has 22 heavy (non-hydrogen) atoms. The van der Waals surface area contributed by atoms with Crippen molar-refractivity contribution in [2.24, 2.45) is 0 Å². The van der Waals surface area contributed by atoms with E-state index in [4.69, 9.17) is 39.5 Å². The Balaban J connectivity index is 1.71. The second-order valence-electron chi connectivity index (χ2n) is 4.19. The monoisotopic (exact) mass is 375 g/mol. The van der Waals surface area contributed by atoms with Crippen LogP contribution in [0.25, 0.3) is 0 Å². The van der Waals surface area contributed by atoms with Crippen LogP contribution in [-0.4, -0.2) is 18.5 Å². The average molecular weight is 377 g/mol. The number of nitrogens with one attached hydrogen (secondary N) is 1. The molecule has 0 aliphatic rings. The van der Waals surface area contributed by atoms with E-state index in [0.29, 0.717) is 33.1 Å². The van der Waals surface area contributed by atoms with Crippen molar-refractivity contribution in [1.29, 1.82) is 0 Å². The molecule has 2 aromatic rings. The molecule has 0 atom stereocenters. The number of carbonyl (C=O) groups excluding carboxylic acids is 1. The lowest BCUT2D eigenvalue weighted by Crippen LogP contribution is -2.15. The fraction of sp³-hybridized carbons (Fsp3) is 0.133. The zero-order valence-electron chi connectivity index (χ0n) is 11.3. The van der Waals surface area contributed by atoms with Gasteiger partial charge in [0.15, 0.2) is 0 Å². The smallest absolute Gasteiger partial charge is 0.411 e. The van der Waals surface area contributed by atoms with Gasteiger partial charge in [-0.15, -0.1) is 11.8 Å². The molecule has 0 fully saturated rings. The molecule has 116 valence electrons. The first kappa shape index (κ1) is 17.3. The van der Waals surface area contributed by atoms with E-state index in [1.165, 1.54) is 0 Å². The number of anilines is 1. The molecule has 0 radical (unpaired) electrons. The van der Waals surface area contributed by atoms with Crippen LogP contribution in [0.1, 0.15) is 0 Å². The molecular formula is C15H12Cl3NO2S. The van der Waals surface area contributed by atoms with Gasteiger partial charge in [-0.1, -0.05) is 34.8 Å². The quantitative estimate of drug-likeness (QED) is 0.514. The molecule has 0 saturated carbocycles. The average Bonchev–Trinajstić information content (AvgIpc) is 2.49. The van der Waals surface area contributed by atoms with Crippen LogP contribution in [0.15, 0.2) is 47.4 Å². The molecule has 2 rings (SSSR count). The number of ether oxygens (including phenoxy) is 1. The molecule has 0 unspecified atom stereocenters. The molecule has 1 N–H and O–H groups in total. The Morgan fingerprint density at radius 1 is 1.05 bits per heavy atom. The number of hydrogen-bond acceptors (Lipinski definition) is 3. The zero-order valence-corrected chi connectivity index (χ0v) is 14.4. The lowest BCUT2D eigenvalue weighted by molar-refractivity contribution is 0.169. The highest BCUT2D eigenvalue weighted by Gasteiger charge is 2.05. The molecule has 0 heterocycles. The summed E-state index contributed by atoms with van der Waals surface area (Å²) in [6.45, 7) is 0.292. The molecule has 0 saturated heterocycles. The van der Waals surface area contributed by atoms with Crippen LogP contribution in [0.2, 0.25) is 15.1 Å². The predicted molar refractivity (Wildman–Crippen MR) is 93.6 cm³/mol. The van der Waals surface area contributed by atoms with Crippen LogP contribution in [0.3, 0.4) is 0 Å². The molecule has 1 amide bonds. The highest BCUT2D eigenvalue weighted by Crippen LogP contribution is 2.25. The highest BCUT2D eigenvalue weighted by atomic mass is 35.5. The van der Waals surface area contributed by atoms with Crippen molar-refractivity contribution in [1.82, 2.24) is 0 Å². The molecule has 0 bridgehead atoms. The van der Waals surface area contributed by atoms with Gasteiger partial charge in [0.25, 0.3) is 0 Å². The molecule has 2 aromatic carbocycles. The molecule has 0 aliphatic heterocycles. The summed E-state index contributed by atoms with van der Waals surface area (Å²) >= 11 is 19.1. The van der Waals surface area contributed by atoms with Crippen LogP contribution in [0.4, 0.5) is 10.5 Å². The highest BCUT2D eigenvalue weighted by molar-refractivity contribution is 7.99. The summed E-state index contributed by atoms with van der Waals surface area (Å²) < 4.78 is 5.09. The summed E-state index contributed by atoms with van der Waals surface area (Å²) in [5.41, 5.74) is 0.532. The summed E-state index contributed by atoms with van der Waals surface area (Å²) in [7, 11) is 0. The third-order valence-electron chi connectivity index (χ3n) is 2.56.